The molecule has 11 heteroatoms. The van der Waals surface area contributed by atoms with Gasteiger partial charge in [-0.1, -0.05) is 11.6 Å². The zero-order valence-electron chi connectivity index (χ0n) is 10.4. The number of nitrogens with zero attached hydrogens (tertiary/aromatic N) is 4. The molecule has 0 radical (unpaired) electrons. The van der Waals surface area contributed by atoms with Gasteiger partial charge in [0.25, 0.3) is 6.08 Å². The fraction of sp³-hybridized carbons (Fsp3) is 0.300. The number of halogens is 3. The summed E-state index contributed by atoms with van der Waals surface area (Å²) in [7, 11) is -4.67. The van der Waals surface area contributed by atoms with E-state index in [2.05, 4.69) is 15.0 Å². The third kappa shape index (κ3) is 3.82. The summed E-state index contributed by atoms with van der Waals surface area (Å²) >= 11 is 5.81. The van der Waals surface area contributed by atoms with Gasteiger partial charge >= 0.3 is 7.60 Å². The molecule has 0 saturated carbocycles. The zero-order chi connectivity index (χ0) is 15.6. The van der Waals surface area contributed by atoms with E-state index in [1.165, 1.54) is 17.2 Å². The van der Waals surface area contributed by atoms with Crippen molar-refractivity contribution in [2.24, 2.45) is 0 Å². The third-order valence-corrected chi connectivity index (χ3v) is 4.32. The first-order valence-electron chi connectivity index (χ1n) is 5.68. The van der Waals surface area contributed by atoms with Gasteiger partial charge in [0, 0.05) is 6.54 Å². The number of hydrogen-bond donors (Lipinski definition) is 2. The molecule has 2 aromatic rings. The molecule has 0 fully saturated rings. The van der Waals surface area contributed by atoms with Gasteiger partial charge in [-0.3, -0.25) is 4.57 Å². The summed E-state index contributed by atoms with van der Waals surface area (Å²) in [6.45, 7) is 0.0450. The van der Waals surface area contributed by atoms with Crippen LogP contribution in [0.4, 0.5) is 8.78 Å². The molecular formula is C10H10ClF2N4O3P. The SMILES string of the molecule is O=P(O)(O)C(C=C(F)F)CCn1cnc2c(Cl)ncnc21. The highest BCUT2D eigenvalue weighted by Crippen LogP contribution is 2.44. The summed E-state index contributed by atoms with van der Waals surface area (Å²) in [6, 6.07) is 0. The number of hydrogen-bond acceptors (Lipinski definition) is 4. The summed E-state index contributed by atoms with van der Waals surface area (Å²) in [5.74, 6) is 0. The monoisotopic (exact) mass is 338 g/mol. The number of rotatable bonds is 5. The Morgan fingerprint density at radius 3 is 2.76 bits per heavy atom. The normalized spacial score (nSPS) is 13.4. The molecule has 2 rings (SSSR count). The molecule has 0 bridgehead atoms. The molecule has 1 atom stereocenters. The lowest BCUT2D eigenvalue weighted by Crippen LogP contribution is -2.10. The maximum Gasteiger partial charge on any atom is 0.332 e. The Morgan fingerprint density at radius 2 is 2.14 bits per heavy atom. The van der Waals surface area contributed by atoms with E-state index >= 15 is 0 Å². The first-order valence-corrected chi connectivity index (χ1v) is 7.74. The van der Waals surface area contributed by atoms with E-state index < -0.39 is 19.3 Å². The van der Waals surface area contributed by atoms with Crippen molar-refractivity contribution in [1.29, 1.82) is 0 Å². The summed E-state index contributed by atoms with van der Waals surface area (Å²) < 4.78 is 37.2. The standard InChI is InChI=1S/C10H10ClF2N4O3P/c11-9-8-10(15-4-14-9)17(5-16-8)2-1-6(3-7(12)13)21(18,19)20/h3-6H,1-2H2,(H2,18,19,20). The average molecular weight is 339 g/mol. The van der Waals surface area contributed by atoms with Crippen LogP contribution >= 0.6 is 19.2 Å². The fourth-order valence-corrected chi connectivity index (χ4v) is 2.72. The lowest BCUT2D eigenvalue weighted by Gasteiger charge is -2.14. The van der Waals surface area contributed by atoms with E-state index in [9.17, 15) is 13.3 Å². The van der Waals surface area contributed by atoms with Crippen molar-refractivity contribution in [3.05, 3.63) is 30.0 Å². The Morgan fingerprint density at radius 1 is 1.43 bits per heavy atom. The maximum absolute atomic E-state index is 12.2. The Hall–Kier alpha value is -1.41. The van der Waals surface area contributed by atoms with Crippen molar-refractivity contribution in [3.63, 3.8) is 0 Å². The smallest absolute Gasteiger partial charge is 0.324 e. The van der Waals surface area contributed by atoms with Gasteiger partial charge < -0.3 is 14.4 Å². The van der Waals surface area contributed by atoms with Crippen LogP contribution in [0.25, 0.3) is 11.2 Å². The van der Waals surface area contributed by atoms with Crippen LogP contribution < -0.4 is 0 Å². The maximum atomic E-state index is 12.2. The molecule has 2 aromatic heterocycles. The summed E-state index contributed by atoms with van der Waals surface area (Å²) in [6.07, 6.45) is 0.502. The van der Waals surface area contributed by atoms with Gasteiger partial charge in [-0.05, 0) is 12.5 Å². The second kappa shape index (κ2) is 6.15. The minimum atomic E-state index is -4.67. The van der Waals surface area contributed by atoms with Crippen LogP contribution in [0.3, 0.4) is 0 Å². The molecule has 2 N–H and O–H groups in total. The lowest BCUT2D eigenvalue weighted by molar-refractivity contribution is 0.355. The molecule has 0 aliphatic rings. The number of fused-ring (bicyclic) bond motifs is 1. The quantitative estimate of drug-likeness (QED) is 0.640. The largest absolute Gasteiger partial charge is 0.332 e. The lowest BCUT2D eigenvalue weighted by atomic mass is 10.3. The van der Waals surface area contributed by atoms with Crippen molar-refractivity contribution in [2.45, 2.75) is 18.6 Å². The van der Waals surface area contributed by atoms with Gasteiger partial charge in [0.2, 0.25) is 0 Å². The third-order valence-electron chi connectivity index (χ3n) is 2.77. The molecule has 2 heterocycles. The van der Waals surface area contributed by atoms with Gasteiger partial charge in [0.1, 0.15) is 11.8 Å². The first-order chi connectivity index (χ1) is 9.79. The molecule has 0 spiro atoms. The van der Waals surface area contributed by atoms with E-state index in [1.54, 1.807) is 0 Å². The average Bonchev–Trinajstić information content (AvgIpc) is 2.77. The van der Waals surface area contributed by atoms with Crippen LogP contribution in [0.5, 0.6) is 0 Å². The molecule has 0 aliphatic heterocycles. The van der Waals surface area contributed by atoms with E-state index in [0.717, 1.165) is 0 Å². The van der Waals surface area contributed by atoms with Crippen LogP contribution in [-0.2, 0) is 11.1 Å². The molecule has 0 aromatic carbocycles. The van der Waals surface area contributed by atoms with Gasteiger partial charge in [0.05, 0.1) is 12.0 Å². The highest BCUT2D eigenvalue weighted by molar-refractivity contribution is 7.52. The number of allylic oxidation sites excluding steroid dienone is 1. The minimum Gasteiger partial charge on any atom is -0.324 e. The molecule has 0 aliphatic carbocycles. The predicted octanol–water partition coefficient (Wildman–Crippen LogP) is 2.20. The van der Waals surface area contributed by atoms with Gasteiger partial charge in [0.15, 0.2) is 10.8 Å². The Labute approximate surface area is 122 Å². The van der Waals surface area contributed by atoms with Gasteiger partial charge in [-0.15, -0.1) is 0 Å². The van der Waals surface area contributed by atoms with Crippen molar-refractivity contribution >= 4 is 30.4 Å². The first kappa shape index (κ1) is 16.0. The fourth-order valence-electron chi connectivity index (χ4n) is 1.78. The van der Waals surface area contributed by atoms with Crippen LogP contribution in [0, 0.1) is 0 Å². The van der Waals surface area contributed by atoms with Crippen molar-refractivity contribution in [1.82, 2.24) is 19.5 Å². The second-order valence-electron chi connectivity index (χ2n) is 4.18. The van der Waals surface area contributed by atoms with Crippen LogP contribution in [-0.4, -0.2) is 35.0 Å². The van der Waals surface area contributed by atoms with Crippen LogP contribution in [0.15, 0.2) is 24.8 Å². The van der Waals surface area contributed by atoms with Crippen molar-refractivity contribution < 1.29 is 23.1 Å². The number of aryl methyl sites for hydroxylation is 1. The van der Waals surface area contributed by atoms with E-state index in [0.29, 0.717) is 11.2 Å². The Balaban J connectivity index is 2.22. The minimum absolute atomic E-state index is 0.0450. The van der Waals surface area contributed by atoms with Crippen molar-refractivity contribution in [3.8, 4) is 0 Å². The zero-order valence-corrected chi connectivity index (χ0v) is 12.0. The summed E-state index contributed by atoms with van der Waals surface area (Å²) in [4.78, 5) is 29.8. The van der Waals surface area contributed by atoms with Gasteiger partial charge in [-0.25, -0.2) is 15.0 Å². The molecule has 1 unspecified atom stereocenters. The second-order valence-corrected chi connectivity index (χ2v) is 6.38. The number of aromatic nitrogens is 4. The molecular weight excluding hydrogens is 329 g/mol. The van der Waals surface area contributed by atoms with Gasteiger partial charge in [-0.2, -0.15) is 8.78 Å². The molecule has 21 heavy (non-hydrogen) atoms. The van der Waals surface area contributed by atoms with Crippen LogP contribution in [0.1, 0.15) is 6.42 Å². The van der Waals surface area contributed by atoms with Crippen LogP contribution in [0.2, 0.25) is 5.15 Å². The Bertz CT molecular complexity index is 728. The molecule has 114 valence electrons. The highest BCUT2D eigenvalue weighted by Gasteiger charge is 2.27. The molecule has 0 saturated heterocycles. The Kier molecular flexibility index (Phi) is 4.67. The van der Waals surface area contributed by atoms with E-state index in [4.69, 9.17) is 21.4 Å². The highest BCUT2D eigenvalue weighted by atomic mass is 35.5. The van der Waals surface area contributed by atoms with E-state index in [-0.39, 0.29) is 24.2 Å². The van der Waals surface area contributed by atoms with Crippen molar-refractivity contribution in [2.75, 3.05) is 0 Å². The predicted molar refractivity (Wildman–Crippen MR) is 71.1 cm³/mol. The molecule has 7 nitrogen and oxygen atoms in total. The topological polar surface area (TPSA) is 101 Å². The summed E-state index contributed by atoms with van der Waals surface area (Å²) in [5, 5.41) is 0.139. The number of imidazole rings is 1. The van der Waals surface area contributed by atoms with E-state index in [1.807, 2.05) is 0 Å². The summed E-state index contributed by atoms with van der Waals surface area (Å²) in [5.41, 5.74) is -0.875. The molecule has 0 amide bonds.